The summed E-state index contributed by atoms with van der Waals surface area (Å²) in [6, 6.07) is 2.23. The van der Waals surface area contributed by atoms with E-state index in [1.165, 1.54) is 12.1 Å². The zero-order chi connectivity index (χ0) is 14.4. The third-order valence-corrected chi connectivity index (χ3v) is 2.10. The highest BCUT2D eigenvalue weighted by Gasteiger charge is 2.19. The Hall–Kier alpha value is -2.57. The molecule has 1 rings (SSSR count). The largest absolute Gasteiger partial charge is 0.492 e. The molecule has 0 atom stereocenters. The molecule has 0 radical (unpaired) electrons. The number of aromatic carboxylic acids is 1. The molecule has 0 spiro atoms. The number of hydrogen-bond donors (Lipinski definition) is 2. The smallest absolute Gasteiger partial charge is 0.412 e. The highest BCUT2D eigenvalue weighted by molar-refractivity contribution is 5.92. The second-order valence-corrected chi connectivity index (χ2v) is 3.33. The summed E-state index contributed by atoms with van der Waals surface area (Å²) in [7, 11) is 1.16. The molecule has 0 unspecified atom stereocenters. The van der Waals surface area contributed by atoms with E-state index >= 15 is 0 Å². The monoisotopic (exact) mass is 269 g/mol. The first-order valence-corrected chi connectivity index (χ1v) is 5.15. The van der Waals surface area contributed by atoms with E-state index in [2.05, 4.69) is 16.6 Å². The van der Waals surface area contributed by atoms with Crippen molar-refractivity contribution in [2.75, 3.05) is 19.0 Å². The Morgan fingerprint density at radius 1 is 1.53 bits per heavy atom. The van der Waals surface area contributed by atoms with E-state index in [1.807, 2.05) is 0 Å². The zero-order valence-electron chi connectivity index (χ0n) is 10.1. The van der Waals surface area contributed by atoms with E-state index in [-0.39, 0.29) is 18.0 Å². The van der Waals surface area contributed by atoms with Crippen molar-refractivity contribution < 1.29 is 28.6 Å². The lowest BCUT2D eigenvalue weighted by atomic mass is 10.1. The van der Waals surface area contributed by atoms with Crippen LogP contribution in [0.4, 0.5) is 14.9 Å². The second kappa shape index (κ2) is 6.39. The maximum absolute atomic E-state index is 13.8. The fourth-order valence-corrected chi connectivity index (χ4v) is 1.30. The molecule has 6 nitrogen and oxygen atoms in total. The molecule has 0 saturated heterocycles. The molecule has 1 amide bonds. The highest BCUT2D eigenvalue weighted by atomic mass is 19.1. The Labute approximate surface area is 108 Å². The van der Waals surface area contributed by atoms with Crippen molar-refractivity contribution in [3.63, 3.8) is 0 Å². The number of anilines is 1. The number of halogens is 1. The predicted molar refractivity (Wildman–Crippen MR) is 65.1 cm³/mol. The Bertz CT molecular complexity index is 515. The SMILES string of the molecule is C=CCOC(=O)Nc1ccc(C(=O)O)c(F)c1OC. The summed E-state index contributed by atoms with van der Waals surface area (Å²) in [5, 5.41) is 11.0. The third-order valence-electron chi connectivity index (χ3n) is 2.10. The van der Waals surface area contributed by atoms with Crippen LogP contribution in [0, 0.1) is 5.82 Å². The first kappa shape index (κ1) is 14.5. The fourth-order valence-electron chi connectivity index (χ4n) is 1.30. The van der Waals surface area contributed by atoms with Gasteiger partial charge in [0.25, 0.3) is 0 Å². The number of carboxylic acid groups (broad SMARTS) is 1. The van der Waals surface area contributed by atoms with Gasteiger partial charge in [0, 0.05) is 0 Å². The van der Waals surface area contributed by atoms with Crippen molar-refractivity contribution in [3.8, 4) is 5.75 Å². The van der Waals surface area contributed by atoms with Gasteiger partial charge in [-0.25, -0.2) is 14.0 Å². The summed E-state index contributed by atoms with van der Waals surface area (Å²) in [6.45, 7) is 3.35. The maximum Gasteiger partial charge on any atom is 0.412 e. The topological polar surface area (TPSA) is 84.9 Å². The normalized spacial score (nSPS) is 9.58. The summed E-state index contributed by atoms with van der Waals surface area (Å²) >= 11 is 0. The first-order chi connectivity index (χ1) is 9.01. The second-order valence-electron chi connectivity index (χ2n) is 3.33. The molecule has 102 valence electrons. The summed E-state index contributed by atoms with van der Waals surface area (Å²) in [5.74, 6) is -2.89. The van der Waals surface area contributed by atoms with Crippen LogP contribution in [0.2, 0.25) is 0 Å². The minimum Gasteiger partial charge on any atom is -0.492 e. The number of ether oxygens (including phenoxy) is 2. The Balaban J connectivity index is 3.02. The average Bonchev–Trinajstić information content (AvgIpc) is 2.36. The molecule has 1 aromatic carbocycles. The van der Waals surface area contributed by atoms with Gasteiger partial charge in [0.15, 0.2) is 11.6 Å². The van der Waals surface area contributed by atoms with Gasteiger partial charge in [-0.05, 0) is 12.1 Å². The molecule has 0 bridgehead atoms. The van der Waals surface area contributed by atoms with Crippen LogP contribution < -0.4 is 10.1 Å². The van der Waals surface area contributed by atoms with Crippen LogP contribution in [0.3, 0.4) is 0 Å². The molecule has 0 aliphatic rings. The molecular weight excluding hydrogens is 257 g/mol. The molecular formula is C12H12FNO5. The number of carbonyl (C=O) groups excluding carboxylic acids is 1. The number of rotatable bonds is 5. The molecule has 0 saturated carbocycles. The van der Waals surface area contributed by atoms with Crippen molar-refractivity contribution in [1.82, 2.24) is 0 Å². The fraction of sp³-hybridized carbons (Fsp3) is 0.167. The summed E-state index contributed by atoms with van der Waals surface area (Å²) in [6.07, 6.45) is 0.533. The molecule has 2 N–H and O–H groups in total. The number of amides is 1. The van der Waals surface area contributed by atoms with Crippen LogP contribution in [0.25, 0.3) is 0 Å². The van der Waals surface area contributed by atoms with Crippen LogP contribution in [0.1, 0.15) is 10.4 Å². The quantitative estimate of drug-likeness (QED) is 0.801. The molecule has 0 aliphatic heterocycles. The van der Waals surface area contributed by atoms with Crippen molar-refractivity contribution in [3.05, 3.63) is 36.2 Å². The minimum atomic E-state index is -1.43. The summed E-state index contributed by atoms with van der Waals surface area (Å²) in [4.78, 5) is 22.0. The van der Waals surface area contributed by atoms with Crippen molar-refractivity contribution in [2.45, 2.75) is 0 Å². The molecule has 0 heterocycles. The van der Waals surface area contributed by atoms with Crippen LogP contribution >= 0.6 is 0 Å². The Kier molecular flexibility index (Phi) is 4.87. The van der Waals surface area contributed by atoms with E-state index in [9.17, 15) is 14.0 Å². The van der Waals surface area contributed by atoms with Crippen molar-refractivity contribution in [2.24, 2.45) is 0 Å². The van der Waals surface area contributed by atoms with Crippen LogP contribution in [-0.2, 0) is 4.74 Å². The van der Waals surface area contributed by atoms with Gasteiger partial charge in [0.1, 0.15) is 6.61 Å². The molecule has 0 aliphatic carbocycles. The molecule has 19 heavy (non-hydrogen) atoms. The van der Waals surface area contributed by atoms with E-state index in [1.54, 1.807) is 0 Å². The molecule has 1 aromatic rings. The van der Waals surface area contributed by atoms with Gasteiger partial charge in [0.05, 0.1) is 18.4 Å². The van der Waals surface area contributed by atoms with Gasteiger partial charge in [-0.1, -0.05) is 12.7 Å². The standard InChI is InChI=1S/C12H12FNO5/c1-3-6-19-12(17)14-8-5-4-7(11(15)16)9(13)10(8)18-2/h3-5H,1,6H2,2H3,(H,14,17)(H,15,16). The number of carbonyl (C=O) groups is 2. The van der Waals surface area contributed by atoms with Crippen LogP contribution in [0.15, 0.2) is 24.8 Å². The van der Waals surface area contributed by atoms with E-state index < -0.39 is 23.4 Å². The van der Waals surface area contributed by atoms with Gasteiger partial charge < -0.3 is 14.6 Å². The average molecular weight is 269 g/mol. The maximum atomic E-state index is 13.8. The minimum absolute atomic E-state index is 0.0101. The Morgan fingerprint density at radius 2 is 2.21 bits per heavy atom. The number of hydrogen-bond acceptors (Lipinski definition) is 4. The van der Waals surface area contributed by atoms with Crippen molar-refractivity contribution >= 4 is 17.7 Å². The summed E-state index contributed by atoms with van der Waals surface area (Å²) in [5.41, 5.74) is -0.582. The predicted octanol–water partition coefficient (Wildman–Crippen LogP) is 2.27. The summed E-state index contributed by atoms with van der Waals surface area (Å²) < 4.78 is 23.2. The van der Waals surface area contributed by atoms with E-state index in [0.29, 0.717) is 0 Å². The van der Waals surface area contributed by atoms with Gasteiger partial charge in [-0.2, -0.15) is 0 Å². The van der Waals surface area contributed by atoms with Crippen LogP contribution in [-0.4, -0.2) is 30.9 Å². The third kappa shape index (κ3) is 3.44. The Morgan fingerprint density at radius 3 is 2.74 bits per heavy atom. The molecule has 7 heteroatoms. The number of benzene rings is 1. The van der Waals surface area contributed by atoms with Gasteiger partial charge in [-0.15, -0.1) is 0 Å². The van der Waals surface area contributed by atoms with Gasteiger partial charge in [-0.3, -0.25) is 5.32 Å². The lowest BCUT2D eigenvalue weighted by Gasteiger charge is -2.12. The lowest BCUT2D eigenvalue weighted by molar-refractivity contribution is 0.0691. The van der Waals surface area contributed by atoms with Gasteiger partial charge >= 0.3 is 12.1 Å². The number of carboxylic acids is 1. The highest BCUT2D eigenvalue weighted by Crippen LogP contribution is 2.30. The molecule has 0 fully saturated rings. The first-order valence-electron chi connectivity index (χ1n) is 5.15. The van der Waals surface area contributed by atoms with Crippen LogP contribution in [0.5, 0.6) is 5.75 Å². The number of nitrogens with one attached hydrogen (secondary N) is 1. The number of methoxy groups -OCH3 is 1. The van der Waals surface area contributed by atoms with E-state index in [4.69, 9.17) is 9.84 Å². The molecule has 0 aromatic heterocycles. The van der Waals surface area contributed by atoms with Crippen molar-refractivity contribution in [1.29, 1.82) is 0 Å². The lowest BCUT2D eigenvalue weighted by Crippen LogP contribution is -2.15. The zero-order valence-corrected chi connectivity index (χ0v) is 10.1. The van der Waals surface area contributed by atoms with Gasteiger partial charge in [0.2, 0.25) is 0 Å². The van der Waals surface area contributed by atoms with E-state index in [0.717, 1.165) is 13.2 Å².